The Balaban J connectivity index is 1.01. The lowest BCUT2D eigenvalue weighted by atomic mass is 9.84. The molecule has 328 valence electrons. The summed E-state index contributed by atoms with van der Waals surface area (Å²) < 4.78 is 2.38. The summed E-state index contributed by atoms with van der Waals surface area (Å²) in [6.07, 6.45) is 0. The summed E-state index contributed by atoms with van der Waals surface area (Å²) in [5.74, 6) is 0. The van der Waals surface area contributed by atoms with Gasteiger partial charge in [0.1, 0.15) is 0 Å². The van der Waals surface area contributed by atoms with Gasteiger partial charge in [0, 0.05) is 33.4 Å². The molecule has 13 rings (SSSR count). The maximum atomic E-state index is 2.44. The highest BCUT2D eigenvalue weighted by molar-refractivity contribution is 6.22. The first-order valence-corrected chi connectivity index (χ1v) is 24.1. The van der Waals surface area contributed by atoms with Crippen molar-refractivity contribution in [1.82, 2.24) is 4.57 Å². The summed E-state index contributed by atoms with van der Waals surface area (Å²) in [7, 11) is 0. The molecular weight excluding hydrogens is 845 g/mol. The van der Waals surface area contributed by atoms with Gasteiger partial charge in [-0.05, 0) is 138 Å². The number of anilines is 3. The van der Waals surface area contributed by atoms with E-state index >= 15 is 0 Å². The summed E-state index contributed by atoms with van der Waals surface area (Å²) in [5.41, 5.74) is 18.6. The predicted octanol–water partition coefficient (Wildman–Crippen LogP) is 18.9. The SMILES string of the molecule is c1ccc(-c2cccc(N(c3cccc(-c4ccc5c(c4)c(-c4ccccc4)c(-c4ccccc4)c4ccccc45)c3)c3ccccc3-c3ccc4c(c3)c3ccccc3n4-c3ccccc3)c2)cc1. The van der Waals surface area contributed by atoms with Crippen molar-refractivity contribution in [2.45, 2.75) is 0 Å². The summed E-state index contributed by atoms with van der Waals surface area (Å²) in [6, 6.07) is 102. The molecule has 0 bridgehead atoms. The van der Waals surface area contributed by atoms with Gasteiger partial charge in [-0.1, -0.05) is 212 Å². The number of rotatable bonds is 9. The normalized spacial score (nSPS) is 11.4. The molecule has 2 heteroatoms. The quantitative estimate of drug-likeness (QED) is 0.131. The van der Waals surface area contributed by atoms with Gasteiger partial charge in [0.2, 0.25) is 0 Å². The Morgan fingerprint density at radius 1 is 0.243 bits per heavy atom. The van der Waals surface area contributed by atoms with Crippen LogP contribution < -0.4 is 4.90 Å². The van der Waals surface area contributed by atoms with E-state index in [0.717, 1.165) is 50.6 Å². The first-order chi connectivity index (χ1) is 34.7. The molecular formula is C68H46N2. The average molecular weight is 891 g/mol. The van der Waals surface area contributed by atoms with Crippen molar-refractivity contribution in [3.63, 3.8) is 0 Å². The standard InChI is InChI=1S/C68H46N2/c1-5-21-47(22-6-1)50-27-19-31-55(43-50)69(64-37-17-15-33-57(64)53-40-42-66-62(46-53)60-35-16-18-38-65(60)70(66)54-29-11-4-12-30-54)56-32-20-28-51(44-56)52-39-41-59-58-34-13-14-36-61(58)67(48-23-7-2-8-24-48)68(63(59)45-52)49-25-9-3-10-26-49/h1-46H. The molecule has 0 spiro atoms. The van der Waals surface area contributed by atoms with Crippen LogP contribution in [0.5, 0.6) is 0 Å². The van der Waals surface area contributed by atoms with Crippen molar-refractivity contribution in [1.29, 1.82) is 0 Å². The third kappa shape index (κ3) is 7.13. The molecule has 70 heavy (non-hydrogen) atoms. The van der Waals surface area contributed by atoms with Gasteiger partial charge in [-0.15, -0.1) is 0 Å². The summed E-state index contributed by atoms with van der Waals surface area (Å²) in [4.78, 5) is 2.44. The molecule has 12 aromatic carbocycles. The highest BCUT2D eigenvalue weighted by Crippen LogP contribution is 2.47. The smallest absolute Gasteiger partial charge is 0.0541 e. The van der Waals surface area contributed by atoms with E-state index in [1.165, 1.54) is 71.2 Å². The van der Waals surface area contributed by atoms with E-state index in [0.29, 0.717) is 0 Å². The van der Waals surface area contributed by atoms with Crippen molar-refractivity contribution < 1.29 is 0 Å². The van der Waals surface area contributed by atoms with Crippen LogP contribution in [0.3, 0.4) is 0 Å². The topological polar surface area (TPSA) is 8.17 Å². The monoisotopic (exact) mass is 890 g/mol. The molecule has 0 aliphatic heterocycles. The molecule has 1 aromatic heterocycles. The molecule has 0 atom stereocenters. The van der Waals surface area contributed by atoms with Crippen LogP contribution in [-0.4, -0.2) is 4.57 Å². The molecule has 0 aliphatic rings. The lowest BCUT2D eigenvalue weighted by molar-refractivity contribution is 1.18. The molecule has 2 nitrogen and oxygen atoms in total. The Labute approximate surface area is 408 Å². The second-order valence-electron chi connectivity index (χ2n) is 18.0. The molecule has 0 saturated heterocycles. The maximum absolute atomic E-state index is 2.44. The van der Waals surface area contributed by atoms with Gasteiger partial charge in [0.05, 0.1) is 16.7 Å². The van der Waals surface area contributed by atoms with Gasteiger partial charge < -0.3 is 9.47 Å². The van der Waals surface area contributed by atoms with E-state index in [-0.39, 0.29) is 0 Å². The zero-order chi connectivity index (χ0) is 46.4. The minimum Gasteiger partial charge on any atom is -0.310 e. The van der Waals surface area contributed by atoms with Crippen molar-refractivity contribution in [3.8, 4) is 61.3 Å². The summed E-state index contributed by atoms with van der Waals surface area (Å²) in [6.45, 7) is 0. The number of para-hydroxylation sites is 3. The number of fused-ring (bicyclic) bond motifs is 6. The molecule has 0 saturated carbocycles. The fourth-order valence-corrected chi connectivity index (χ4v) is 10.8. The van der Waals surface area contributed by atoms with E-state index in [4.69, 9.17) is 0 Å². The summed E-state index contributed by atoms with van der Waals surface area (Å²) in [5, 5.41) is 7.43. The number of nitrogens with zero attached hydrogens (tertiary/aromatic N) is 2. The molecule has 0 radical (unpaired) electrons. The predicted molar refractivity (Wildman–Crippen MR) is 298 cm³/mol. The van der Waals surface area contributed by atoms with Gasteiger partial charge in [-0.25, -0.2) is 0 Å². The lowest BCUT2D eigenvalue weighted by Crippen LogP contribution is -2.11. The lowest BCUT2D eigenvalue weighted by Gasteiger charge is -2.29. The minimum absolute atomic E-state index is 1.07. The average Bonchev–Trinajstić information content (AvgIpc) is 3.77. The second-order valence-corrected chi connectivity index (χ2v) is 18.0. The van der Waals surface area contributed by atoms with Crippen LogP contribution >= 0.6 is 0 Å². The Morgan fingerprint density at radius 2 is 0.700 bits per heavy atom. The second kappa shape index (κ2) is 17.4. The van der Waals surface area contributed by atoms with Crippen molar-refractivity contribution in [2.75, 3.05) is 4.90 Å². The molecule has 0 fully saturated rings. The van der Waals surface area contributed by atoms with Crippen LogP contribution in [0.15, 0.2) is 279 Å². The largest absolute Gasteiger partial charge is 0.310 e. The molecule has 0 aliphatic carbocycles. The minimum atomic E-state index is 1.07. The third-order valence-electron chi connectivity index (χ3n) is 13.9. The molecule has 0 unspecified atom stereocenters. The van der Waals surface area contributed by atoms with Gasteiger partial charge >= 0.3 is 0 Å². The first kappa shape index (κ1) is 41.0. The van der Waals surface area contributed by atoms with E-state index in [1.54, 1.807) is 0 Å². The van der Waals surface area contributed by atoms with Crippen molar-refractivity contribution >= 4 is 60.4 Å². The van der Waals surface area contributed by atoms with E-state index in [9.17, 15) is 0 Å². The number of benzene rings is 12. The number of hydrogen-bond acceptors (Lipinski definition) is 1. The van der Waals surface area contributed by atoms with Crippen molar-refractivity contribution in [2.24, 2.45) is 0 Å². The fourth-order valence-electron chi connectivity index (χ4n) is 10.8. The van der Waals surface area contributed by atoms with Gasteiger partial charge in [0.25, 0.3) is 0 Å². The van der Waals surface area contributed by atoms with Crippen LogP contribution in [0.2, 0.25) is 0 Å². The fraction of sp³-hybridized carbons (Fsp3) is 0. The molecule has 0 N–H and O–H groups in total. The maximum Gasteiger partial charge on any atom is 0.0541 e. The number of aromatic nitrogens is 1. The molecule has 13 aromatic rings. The Morgan fingerprint density at radius 3 is 1.39 bits per heavy atom. The zero-order valence-electron chi connectivity index (χ0n) is 38.5. The van der Waals surface area contributed by atoms with Gasteiger partial charge in [-0.2, -0.15) is 0 Å². The van der Waals surface area contributed by atoms with E-state index < -0.39 is 0 Å². The molecule has 1 heterocycles. The van der Waals surface area contributed by atoms with Crippen LogP contribution in [0, 0.1) is 0 Å². The van der Waals surface area contributed by atoms with E-state index in [2.05, 4.69) is 289 Å². The van der Waals surface area contributed by atoms with E-state index in [1.807, 2.05) is 0 Å². The summed E-state index contributed by atoms with van der Waals surface area (Å²) >= 11 is 0. The molecule has 0 amide bonds. The van der Waals surface area contributed by atoms with Crippen LogP contribution in [-0.2, 0) is 0 Å². The highest BCUT2D eigenvalue weighted by Gasteiger charge is 2.22. The number of hydrogen-bond donors (Lipinski definition) is 0. The Hall–Kier alpha value is -9.24. The van der Waals surface area contributed by atoms with Gasteiger partial charge in [0.15, 0.2) is 0 Å². The van der Waals surface area contributed by atoms with Gasteiger partial charge in [-0.3, -0.25) is 0 Å². The zero-order valence-corrected chi connectivity index (χ0v) is 38.5. The van der Waals surface area contributed by atoms with Crippen LogP contribution in [0.1, 0.15) is 0 Å². The van der Waals surface area contributed by atoms with Crippen LogP contribution in [0.4, 0.5) is 17.1 Å². The highest BCUT2D eigenvalue weighted by atomic mass is 15.1. The third-order valence-corrected chi connectivity index (χ3v) is 13.9. The Bertz CT molecular complexity index is 4040. The Kier molecular flexibility index (Phi) is 10.2. The van der Waals surface area contributed by atoms with Crippen molar-refractivity contribution in [3.05, 3.63) is 279 Å². The van der Waals surface area contributed by atoms with Crippen LogP contribution in [0.25, 0.3) is 105 Å². The first-order valence-electron chi connectivity index (χ1n) is 24.1.